The Kier molecular flexibility index (Phi) is 6.54. The Morgan fingerprint density at radius 3 is 2.29 bits per heavy atom. The number of halogens is 3. The minimum Gasteiger partial charge on any atom is -0.379 e. The van der Waals surface area contributed by atoms with E-state index in [1.807, 2.05) is 0 Å². The van der Waals surface area contributed by atoms with Crippen molar-refractivity contribution in [3.63, 3.8) is 0 Å². The van der Waals surface area contributed by atoms with Gasteiger partial charge in [-0.3, -0.25) is 9.59 Å². The van der Waals surface area contributed by atoms with E-state index in [4.69, 9.17) is 5.73 Å². The normalized spacial score (nSPS) is 17.5. The number of benzene rings is 1. The number of nitrogen functional groups attached to an aromatic ring is 1. The summed E-state index contributed by atoms with van der Waals surface area (Å²) in [5.74, 6) is -1.53. The fourth-order valence-electron chi connectivity index (χ4n) is 3.84. The second kappa shape index (κ2) is 9.43. The van der Waals surface area contributed by atoms with Crippen LogP contribution in [-0.4, -0.2) is 70.3 Å². The average molecular weight is 495 g/mol. The molecule has 4 amide bonds. The Balaban J connectivity index is 1.26. The van der Waals surface area contributed by atoms with Crippen molar-refractivity contribution in [1.82, 2.24) is 25.4 Å². The molecule has 2 aliphatic rings. The van der Waals surface area contributed by atoms with Gasteiger partial charge in [0.05, 0.1) is 0 Å². The van der Waals surface area contributed by atoms with Crippen molar-refractivity contribution in [2.24, 2.45) is 5.41 Å². The number of nitrogens with zero attached hydrogens (tertiary/aromatic N) is 4. The lowest BCUT2D eigenvalue weighted by molar-refractivity contribution is -0.192. The minimum atomic E-state index is -4.55. The summed E-state index contributed by atoms with van der Waals surface area (Å²) in [7, 11) is 0. The van der Waals surface area contributed by atoms with Gasteiger partial charge < -0.3 is 26.2 Å². The lowest BCUT2D eigenvalue weighted by atomic mass is 10.1. The van der Waals surface area contributed by atoms with Crippen LogP contribution in [0.3, 0.4) is 0 Å². The van der Waals surface area contributed by atoms with Crippen molar-refractivity contribution in [3.05, 3.63) is 35.5 Å². The van der Waals surface area contributed by atoms with E-state index in [2.05, 4.69) is 25.6 Å². The lowest BCUT2D eigenvalue weighted by Crippen LogP contribution is -2.40. The summed E-state index contributed by atoms with van der Waals surface area (Å²) in [5, 5.41) is 12.0. The van der Waals surface area contributed by atoms with E-state index in [-0.39, 0.29) is 50.0 Å². The maximum Gasteiger partial charge on any atom is 0.403 e. The third-order valence-corrected chi connectivity index (χ3v) is 6.17. The Morgan fingerprint density at radius 2 is 1.69 bits per heavy atom. The minimum absolute atomic E-state index is 0.0492. The Morgan fingerprint density at radius 1 is 1.03 bits per heavy atom. The zero-order valence-corrected chi connectivity index (χ0v) is 18.6. The smallest absolute Gasteiger partial charge is 0.379 e. The SMILES string of the molecule is Nc1nonc1C(=O)N1CCCN(C(=O)Nc2ccc(CNC(=O)C3(C(F)(F)F)CC3)cc2)CC1. The molecular weight excluding hydrogens is 471 g/mol. The molecular formula is C21H24F3N7O4. The Hall–Kier alpha value is -3.84. The Labute approximate surface area is 197 Å². The first-order chi connectivity index (χ1) is 16.6. The molecule has 4 N–H and O–H groups in total. The van der Waals surface area contributed by atoms with Crippen LogP contribution in [0.4, 0.5) is 29.5 Å². The molecule has 2 aromatic rings. The second-order valence-electron chi connectivity index (χ2n) is 8.52. The monoisotopic (exact) mass is 495 g/mol. The van der Waals surface area contributed by atoms with Gasteiger partial charge in [-0.1, -0.05) is 12.1 Å². The van der Waals surface area contributed by atoms with Crippen molar-refractivity contribution < 1.29 is 32.2 Å². The highest BCUT2D eigenvalue weighted by molar-refractivity contribution is 5.96. The van der Waals surface area contributed by atoms with Crippen LogP contribution in [-0.2, 0) is 11.3 Å². The number of alkyl halides is 3. The highest BCUT2D eigenvalue weighted by Crippen LogP contribution is 2.57. The Bertz CT molecular complexity index is 1100. The van der Waals surface area contributed by atoms with Crippen molar-refractivity contribution in [3.8, 4) is 0 Å². The van der Waals surface area contributed by atoms with Crippen LogP contribution in [0, 0.1) is 5.41 Å². The number of hydrogen-bond acceptors (Lipinski definition) is 7. The molecule has 0 bridgehead atoms. The molecule has 14 heteroatoms. The van der Waals surface area contributed by atoms with Gasteiger partial charge in [0, 0.05) is 38.4 Å². The number of carbonyl (C=O) groups excluding carboxylic acids is 3. The number of aromatic nitrogens is 2. The molecule has 0 spiro atoms. The molecule has 1 saturated heterocycles. The maximum atomic E-state index is 13.0. The first-order valence-corrected chi connectivity index (χ1v) is 11.0. The molecule has 0 atom stereocenters. The van der Waals surface area contributed by atoms with Gasteiger partial charge in [-0.15, -0.1) is 0 Å². The van der Waals surface area contributed by atoms with E-state index in [0.29, 0.717) is 30.8 Å². The molecule has 1 saturated carbocycles. The first kappa shape index (κ1) is 24.3. The average Bonchev–Trinajstić information content (AvgIpc) is 3.59. The van der Waals surface area contributed by atoms with Crippen LogP contribution in [0.1, 0.15) is 35.3 Å². The number of carbonyl (C=O) groups is 3. The van der Waals surface area contributed by atoms with Gasteiger partial charge in [0.1, 0.15) is 5.41 Å². The molecule has 1 aromatic carbocycles. The topological polar surface area (TPSA) is 147 Å². The zero-order chi connectivity index (χ0) is 25.2. The summed E-state index contributed by atoms with van der Waals surface area (Å²) < 4.78 is 43.6. The fourth-order valence-corrected chi connectivity index (χ4v) is 3.84. The fraction of sp³-hybridized carbons (Fsp3) is 0.476. The summed E-state index contributed by atoms with van der Waals surface area (Å²) in [4.78, 5) is 40.3. The van der Waals surface area contributed by atoms with E-state index in [0.717, 1.165) is 0 Å². The van der Waals surface area contributed by atoms with Crippen molar-refractivity contribution in [2.45, 2.75) is 32.0 Å². The van der Waals surface area contributed by atoms with Crippen LogP contribution < -0.4 is 16.4 Å². The number of rotatable bonds is 5. The summed E-state index contributed by atoms with van der Waals surface area (Å²) in [6.45, 7) is 1.34. The van der Waals surface area contributed by atoms with Gasteiger partial charge in [-0.05, 0) is 47.3 Å². The van der Waals surface area contributed by atoms with Crippen molar-refractivity contribution in [2.75, 3.05) is 37.2 Å². The van der Waals surface area contributed by atoms with Crippen LogP contribution in [0.2, 0.25) is 0 Å². The highest BCUT2D eigenvalue weighted by atomic mass is 19.4. The third kappa shape index (κ3) is 5.15. The molecule has 0 radical (unpaired) electrons. The van der Waals surface area contributed by atoms with Crippen molar-refractivity contribution in [1.29, 1.82) is 0 Å². The highest BCUT2D eigenvalue weighted by Gasteiger charge is 2.68. The molecule has 0 unspecified atom stereocenters. The van der Waals surface area contributed by atoms with Gasteiger partial charge in [0.15, 0.2) is 0 Å². The molecule has 1 aromatic heterocycles. The zero-order valence-electron chi connectivity index (χ0n) is 18.6. The molecule has 11 nitrogen and oxygen atoms in total. The number of nitrogens with one attached hydrogen (secondary N) is 2. The number of nitrogens with two attached hydrogens (primary N) is 1. The van der Waals surface area contributed by atoms with E-state index in [1.165, 1.54) is 4.90 Å². The molecule has 2 heterocycles. The van der Waals surface area contributed by atoms with Crippen LogP contribution >= 0.6 is 0 Å². The first-order valence-electron chi connectivity index (χ1n) is 11.0. The summed E-state index contributed by atoms with van der Waals surface area (Å²) in [6, 6.07) is 6.07. The predicted molar refractivity (Wildman–Crippen MR) is 116 cm³/mol. The molecule has 4 rings (SSSR count). The van der Waals surface area contributed by atoms with E-state index >= 15 is 0 Å². The molecule has 1 aliphatic heterocycles. The van der Waals surface area contributed by atoms with E-state index in [1.54, 1.807) is 29.2 Å². The number of hydrogen-bond donors (Lipinski definition) is 3. The van der Waals surface area contributed by atoms with Crippen LogP contribution in [0.15, 0.2) is 28.9 Å². The summed E-state index contributed by atoms with van der Waals surface area (Å²) >= 11 is 0. The predicted octanol–water partition coefficient (Wildman–Crippen LogP) is 1.99. The van der Waals surface area contributed by atoms with Gasteiger partial charge >= 0.3 is 12.2 Å². The van der Waals surface area contributed by atoms with E-state index in [9.17, 15) is 27.6 Å². The summed E-state index contributed by atoms with van der Waals surface area (Å²) in [6.07, 6.45) is -4.39. The molecule has 35 heavy (non-hydrogen) atoms. The second-order valence-corrected chi connectivity index (χ2v) is 8.52. The van der Waals surface area contributed by atoms with Crippen molar-refractivity contribution >= 4 is 29.4 Å². The number of anilines is 2. The lowest BCUT2D eigenvalue weighted by Gasteiger charge is -2.22. The van der Waals surface area contributed by atoms with E-state index < -0.39 is 23.4 Å². The standard InChI is InChI=1S/C21H24F3N7O4/c22-21(23,24)20(6-7-20)18(33)26-12-13-2-4-14(5-3-13)27-19(34)31-9-1-8-30(10-11-31)17(32)15-16(25)29-35-28-15/h2-5H,1,6-12H2,(H2,25,29)(H,26,33)(H,27,34). The third-order valence-electron chi connectivity index (χ3n) is 6.17. The quantitative estimate of drug-likeness (QED) is 0.575. The maximum absolute atomic E-state index is 13.0. The van der Waals surface area contributed by atoms with Crippen LogP contribution in [0.5, 0.6) is 0 Å². The van der Waals surface area contributed by atoms with Gasteiger partial charge in [-0.25, -0.2) is 9.42 Å². The van der Waals surface area contributed by atoms with Gasteiger partial charge in [0.2, 0.25) is 17.4 Å². The number of amides is 4. The summed E-state index contributed by atoms with van der Waals surface area (Å²) in [5.41, 5.74) is 4.34. The van der Waals surface area contributed by atoms with Gasteiger partial charge in [-0.2, -0.15) is 13.2 Å². The molecule has 188 valence electrons. The van der Waals surface area contributed by atoms with Gasteiger partial charge in [0.25, 0.3) is 5.91 Å². The molecule has 2 fully saturated rings. The molecule has 1 aliphatic carbocycles. The van der Waals surface area contributed by atoms with Crippen LogP contribution in [0.25, 0.3) is 0 Å². The largest absolute Gasteiger partial charge is 0.403 e. The number of urea groups is 1.